The predicted molar refractivity (Wildman–Crippen MR) is 163 cm³/mol. The van der Waals surface area contributed by atoms with Crippen molar-refractivity contribution < 1.29 is 17.9 Å². The molecule has 0 aliphatic carbocycles. The Morgan fingerprint density at radius 3 is 2.51 bits per heavy atom. The SMILES string of the molecule is CC1=C(C(=O)OCCN(C)Cc2ccccc2)C(c2cccc(Cl)c2Cl)C2=C(CN(C)c3ccccc3S2(=O)=O)N1. The third kappa shape index (κ3) is 5.75. The lowest BCUT2D eigenvalue weighted by Gasteiger charge is -2.32. The standard InChI is InChI=1S/C31H31Cl2N3O4S/c1-20-27(31(37)40-17-16-35(2)18-21-10-5-4-6-11-21)28(22-12-9-13-23(32)29(22)33)30-24(34-20)19-36(3)25-14-7-8-15-26(25)41(30,38)39/h4-15,28,34H,16-19H2,1-3H3. The predicted octanol–water partition coefficient (Wildman–Crippen LogP) is 5.76. The molecule has 0 amide bonds. The molecule has 214 valence electrons. The van der Waals surface area contributed by atoms with Crippen LogP contribution in [0.5, 0.6) is 0 Å². The molecule has 1 N–H and O–H groups in total. The Kier molecular flexibility index (Phi) is 8.47. The fourth-order valence-corrected chi connectivity index (χ4v) is 7.82. The summed E-state index contributed by atoms with van der Waals surface area (Å²) in [4.78, 5) is 17.9. The highest BCUT2D eigenvalue weighted by atomic mass is 35.5. The van der Waals surface area contributed by atoms with Crippen molar-refractivity contribution in [1.29, 1.82) is 0 Å². The summed E-state index contributed by atoms with van der Waals surface area (Å²) in [5.74, 6) is -1.63. The Morgan fingerprint density at radius 1 is 1.05 bits per heavy atom. The Bertz CT molecular complexity index is 1650. The average molecular weight is 613 g/mol. The number of rotatable bonds is 7. The number of halogens is 2. The number of para-hydroxylation sites is 1. The number of hydrogen-bond acceptors (Lipinski definition) is 7. The van der Waals surface area contributed by atoms with Gasteiger partial charge in [-0.2, -0.15) is 0 Å². The summed E-state index contributed by atoms with van der Waals surface area (Å²) in [6, 6.07) is 21.9. The number of nitrogens with zero attached hydrogens (tertiary/aromatic N) is 2. The summed E-state index contributed by atoms with van der Waals surface area (Å²) >= 11 is 13.1. The van der Waals surface area contributed by atoms with Gasteiger partial charge in [0.1, 0.15) is 6.61 Å². The molecule has 5 rings (SSSR count). The van der Waals surface area contributed by atoms with Crippen LogP contribution in [-0.2, 0) is 25.9 Å². The van der Waals surface area contributed by atoms with E-state index in [9.17, 15) is 13.2 Å². The van der Waals surface area contributed by atoms with E-state index in [1.807, 2.05) is 49.3 Å². The molecule has 0 saturated heterocycles. The highest BCUT2D eigenvalue weighted by Crippen LogP contribution is 2.48. The first-order valence-corrected chi connectivity index (χ1v) is 15.4. The minimum Gasteiger partial charge on any atom is -0.461 e. The van der Waals surface area contributed by atoms with Crippen LogP contribution in [0.2, 0.25) is 10.0 Å². The molecule has 41 heavy (non-hydrogen) atoms. The first-order chi connectivity index (χ1) is 19.6. The van der Waals surface area contributed by atoms with Crippen molar-refractivity contribution in [2.45, 2.75) is 24.3 Å². The number of hydrogen-bond donors (Lipinski definition) is 1. The van der Waals surface area contributed by atoms with E-state index in [1.54, 1.807) is 49.4 Å². The molecule has 0 aromatic heterocycles. The zero-order valence-corrected chi connectivity index (χ0v) is 25.4. The average Bonchev–Trinajstić information content (AvgIpc) is 3.02. The smallest absolute Gasteiger partial charge is 0.336 e. The molecule has 1 unspecified atom stereocenters. The van der Waals surface area contributed by atoms with Gasteiger partial charge in [0, 0.05) is 25.8 Å². The molecule has 2 aliphatic rings. The number of sulfone groups is 1. The molecule has 2 heterocycles. The highest BCUT2D eigenvalue weighted by molar-refractivity contribution is 7.95. The lowest BCUT2D eigenvalue weighted by Crippen LogP contribution is -2.35. The number of dihydropyridines is 1. The van der Waals surface area contributed by atoms with Crippen LogP contribution in [0.15, 0.2) is 99.6 Å². The van der Waals surface area contributed by atoms with Gasteiger partial charge in [-0.15, -0.1) is 0 Å². The summed E-state index contributed by atoms with van der Waals surface area (Å²) in [7, 11) is -0.289. The van der Waals surface area contributed by atoms with Crippen LogP contribution in [0.4, 0.5) is 5.69 Å². The van der Waals surface area contributed by atoms with Gasteiger partial charge in [0.25, 0.3) is 0 Å². The molecule has 2 aliphatic heterocycles. The van der Waals surface area contributed by atoms with Crippen LogP contribution in [-0.4, -0.2) is 53.1 Å². The molecular formula is C31H31Cl2N3O4S. The molecule has 0 bridgehead atoms. The molecule has 3 aromatic rings. The van der Waals surface area contributed by atoms with E-state index < -0.39 is 21.7 Å². The van der Waals surface area contributed by atoms with E-state index in [0.29, 0.717) is 35.7 Å². The van der Waals surface area contributed by atoms with Gasteiger partial charge in [-0.1, -0.05) is 77.8 Å². The number of carbonyl (C=O) groups excluding carboxylic acids is 1. The molecule has 3 aromatic carbocycles. The summed E-state index contributed by atoms with van der Waals surface area (Å²) in [5, 5.41) is 3.68. The molecule has 1 atom stereocenters. The highest BCUT2D eigenvalue weighted by Gasteiger charge is 2.44. The maximum absolute atomic E-state index is 14.4. The number of ether oxygens (including phenoxy) is 1. The quantitative estimate of drug-likeness (QED) is 0.340. The number of anilines is 1. The van der Waals surface area contributed by atoms with E-state index in [0.717, 1.165) is 5.56 Å². The molecule has 7 nitrogen and oxygen atoms in total. The Balaban J connectivity index is 1.51. The van der Waals surface area contributed by atoms with Gasteiger partial charge < -0.3 is 15.0 Å². The van der Waals surface area contributed by atoms with Crippen molar-refractivity contribution in [1.82, 2.24) is 10.2 Å². The molecule has 0 saturated carbocycles. The topological polar surface area (TPSA) is 79.0 Å². The largest absolute Gasteiger partial charge is 0.461 e. The first kappa shape index (κ1) is 29.2. The van der Waals surface area contributed by atoms with Gasteiger partial charge in [-0.05, 0) is 43.3 Å². The normalized spacial score (nSPS) is 18.0. The minimum absolute atomic E-state index is 0.0669. The fraction of sp³-hybridized carbons (Fsp3) is 0.258. The fourth-order valence-electron chi connectivity index (χ4n) is 5.41. The van der Waals surface area contributed by atoms with Crippen LogP contribution < -0.4 is 10.2 Å². The Labute approximate surface area is 250 Å². The summed E-state index contributed by atoms with van der Waals surface area (Å²) in [6.45, 7) is 3.35. The van der Waals surface area contributed by atoms with Gasteiger partial charge in [0.05, 0.1) is 49.3 Å². The van der Waals surface area contributed by atoms with Gasteiger partial charge in [0.15, 0.2) is 0 Å². The summed E-state index contributed by atoms with van der Waals surface area (Å²) < 4.78 is 34.5. The second kappa shape index (κ2) is 11.9. The van der Waals surface area contributed by atoms with Gasteiger partial charge in [-0.25, -0.2) is 13.2 Å². The monoisotopic (exact) mass is 611 g/mol. The van der Waals surface area contributed by atoms with Crippen molar-refractivity contribution in [2.75, 3.05) is 38.7 Å². The first-order valence-electron chi connectivity index (χ1n) is 13.2. The number of fused-ring (bicyclic) bond motifs is 1. The van der Waals surface area contributed by atoms with Gasteiger partial charge in [-0.3, -0.25) is 4.90 Å². The lowest BCUT2D eigenvalue weighted by molar-refractivity contribution is -0.139. The van der Waals surface area contributed by atoms with Crippen molar-refractivity contribution >= 4 is 44.7 Å². The van der Waals surface area contributed by atoms with Crippen LogP contribution in [0, 0.1) is 0 Å². The second-order valence-electron chi connectivity index (χ2n) is 10.3. The van der Waals surface area contributed by atoms with Crippen LogP contribution in [0.3, 0.4) is 0 Å². The Hall–Kier alpha value is -3.30. The van der Waals surface area contributed by atoms with Gasteiger partial charge in [0.2, 0.25) is 9.84 Å². The molecule has 0 spiro atoms. The second-order valence-corrected chi connectivity index (χ2v) is 12.9. The van der Waals surface area contributed by atoms with Crippen molar-refractivity contribution in [3.8, 4) is 0 Å². The van der Waals surface area contributed by atoms with E-state index in [1.165, 1.54) is 0 Å². The number of carbonyl (C=O) groups is 1. The molecule has 10 heteroatoms. The number of esters is 1. The van der Waals surface area contributed by atoms with Crippen LogP contribution in [0.25, 0.3) is 0 Å². The zero-order chi connectivity index (χ0) is 29.3. The van der Waals surface area contributed by atoms with E-state index >= 15 is 0 Å². The molecule has 0 fully saturated rings. The van der Waals surface area contributed by atoms with E-state index in [2.05, 4.69) is 10.2 Å². The number of nitrogens with one attached hydrogen (secondary N) is 1. The third-order valence-corrected chi connectivity index (χ3v) is 10.2. The summed E-state index contributed by atoms with van der Waals surface area (Å²) in [6.07, 6.45) is 0. The van der Waals surface area contributed by atoms with Crippen molar-refractivity contribution in [3.05, 3.63) is 116 Å². The lowest BCUT2D eigenvalue weighted by atomic mass is 9.86. The summed E-state index contributed by atoms with van der Waals surface area (Å²) in [5.41, 5.74) is 3.30. The van der Waals surface area contributed by atoms with Crippen LogP contribution >= 0.6 is 23.2 Å². The van der Waals surface area contributed by atoms with Crippen molar-refractivity contribution in [3.63, 3.8) is 0 Å². The zero-order valence-electron chi connectivity index (χ0n) is 23.0. The third-order valence-electron chi connectivity index (χ3n) is 7.36. The Morgan fingerprint density at radius 2 is 1.76 bits per heavy atom. The van der Waals surface area contributed by atoms with Crippen molar-refractivity contribution in [2.24, 2.45) is 0 Å². The number of benzene rings is 3. The van der Waals surface area contributed by atoms with E-state index in [-0.39, 0.29) is 38.6 Å². The number of likely N-dealkylation sites (N-methyl/N-ethyl adjacent to an activating group) is 2. The van der Waals surface area contributed by atoms with Crippen LogP contribution in [0.1, 0.15) is 24.0 Å². The molecule has 0 radical (unpaired) electrons. The maximum Gasteiger partial charge on any atom is 0.336 e. The molecular weight excluding hydrogens is 581 g/mol. The maximum atomic E-state index is 14.4. The van der Waals surface area contributed by atoms with E-state index in [4.69, 9.17) is 27.9 Å². The minimum atomic E-state index is -4.07. The number of allylic oxidation sites excluding steroid dienone is 2. The van der Waals surface area contributed by atoms with Gasteiger partial charge >= 0.3 is 5.97 Å².